The molecule has 2 N–H and O–H groups in total. The fourth-order valence-electron chi connectivity index (χ4n) is 3.16. The summed E-state index contributed by atoms with van der Waals surface area (Å²) in [4.78, 5) is 29.2. The number of nitrogens with zero attached hydrogens (tertiary/aromatic N) is 4. The highest BCUT2D eigenvalue weighted by Crippen LogP contribution is 2.10. The molecule has 0 atom stereocenters. The third-order valence-corrected chi connectivity index (χ3v) is 4.87. The highest BCUT2D eigenvalue weighted by molar-refractivity contribution is 5.73. The van der Waals surface area contributed by atoms with E-state index >= 15 is 0 Å². The first kappa shape index (κ1) is 23.7. The van der Waals surface area contributed by atoms with Crippen LogP contribution in [0.25, 0.3) is 0 Å². The second-order valence-corrected chi connectivity index (χ2v) is 7.96. The normalized spacial score (nSPS) is 10.9. The van der Waals surface area contributed by atoms with E-state index in [1.54, 1.807) is 0 Å². The van der Waals surface area contributed by atoms with Gasteiger partial charge in [0.2, 0.25) is 0 Å². The summed E-state index contributed by atoms with van der Waals surface area (Å²) in [7, 11) is 0. The number of rotatable bonds is 13. The van der Waals surface area contributed by atoms with Crippen LogP contribution < -0.4 is 10.6 Å². The van der Waals surface area contributed by atoms with Gasteiger partial charge in [0.15, 0.2) is 0 Å². The molecule has 0 spiro atoms. The van der Waals surface area contributed by atoms with Crippen LogP contribution in [0.15, 0.2) is 24.5 Å². The Balaban J connectivity index is 1.43. The van der Waals surface area contributed by atoms with E-state index in [2.05, 4.69) is 44.4 Å². The van der Waals surface area contributed by atoms with E-state index in [4.69, 9.17) is 0 Å². The zero-order valence-corrected chi connectivity index (χ0v) is 18.7. The van der Waals surface area contributed by atoms with Crippen molar-refractivity contribution in [3.05, 3.63) is 47.6 Å². The number of carbonyl (C=O) groups excluding carboxylic acids is 1. The van der Waals surface area contributed by atoms with Gasteiger partial charge >= 0.3 is 6.03 Å². The molecule has 2 aromatic heterocycles. The molecule has 0 fully saturated rings. The van der Waals surface area contributed by atoms with Crippen molar-refractivity contribution < 1.29 is 4.79 Å². The van der Waals surface area contributed by atoms with Crippen LogP contribution in [0.5, 0.6) is 0 Å². The summed E-state index contributed by atoms with van der Waals surface area (Å²) in [5, 5.41) is 5.87. The summed E-state index contributed by atoms with van der Waals surface area (Å²) in [6.45, 7) is 7.54. The first-order valence-corrected chi connectivity index (χ1v) is 11.2. The lowest BCUT2D eigenvalue weighted by Crippen LogP contribution is -2.36. The molecule has 164 valence electrons. The maximum Gasteiger partial charge on any atom is 0.314 e. The number of urea groups is 1. The van der Waals surface area contributed by atoms with Gasteiger partial charge in [-0.2, -0.15) is 0 Å². The molecule has 0 aliphatic rings. The van der Waals surface area contributed by atoms with Crippen LogP contribution in [0.1, 0.15) is 81.3 Å². The molecule has 0 radical (unpaired) electrons. The SMILES string of the molecule is Cc1nccc(CCCCCNC(=O)NCCCCCc2ccnc(C(C)C)n2)n1. The van der Waals surface area contributed by atoms with Crippen molar-refractivity contribution in [2.75, 3.05) is 13.1 Å². The number of unbranched alkanes of at least 4 members (excludes halogenated alkanes) is 4. The highest BCUT2D eigenvalue weighted by atomic mass is 16.2. The molecule has 0 aromatic carbocycles. The first-order valence-electron chi connectivity index (χ1n) is 11.2. The number of aromatic nitrogens is 4. The molecule has 7 nitrogen and oxygen atoms in total. The molecule has 2 rings (SSSR count). The summed E-state index contributed by atoms with van der Waals surface area (Å²) < 4.78 is 0. The lowest BCUT2D eigenvalue weighted by Gasteiger charge is -2.08. The standard InChI is InChI=1S/C23H36N6O/c1-18(2)22-25-17-13-21(29-22)11-7-5-9-15-27-23(30)26-14-8-4-6-10-20-12-16-24-19(3)28-20/h12-13,16-18H,4-11,14-15H2,1-3H3,(H2,26,27,30). The highest BCUT2D eigenvalue weighted by Gasteiger charge is 2.04. The van der Waals surface area contributed by atoms with E-state index < -0.39 is 0 Å². The first-order chi connectivity index (χ1) is 14.5. The molecule has 0 saturated carbocycles. The van der Waals surface area contributed by atoms with Gasteiger partial charge in [-0.3, -0.25) is 0 Å². The number of carbonyl (C=O) groups is 1. The minimum Gasteiger partial charge on any atom is -0.338 e. The molecule has 0 bridgehead atoms. The van der Waals surface area contributed by atoms with Gasteiger partial charge in [-0.05, 0) is 57.6 Å². The fourth-order valence-corrected chi connectivity index (χ4v) is 3.16. The zero-order valence-electron chi connectivity index (χ0n) is 18.7. The molecule has 2 amide bonds. The number of nitrogens with one attached hydrogen (secondary N) is 2. The van der Waals surface area contributed by atoms with Crippen molar-refractivity contribution in [2.24, 2.45) is 0 Å². The Morgan fingerprint density at radius 2 is 1.40 bits per heavy atom. The predicted molar refractivity (Wildman–Crippen MR) is 119 cm³/mol. The molecular formula is C23H36N6O. The molecule has 0 aliphatic heterocycles. The summed E-state index contributed by atoms with van der Waals surface area (Å²) in [5.74, 6) is 2.09. The van der Waals surface area contributed by atoms with Gasteiger partial charge in [-0.15, -0.1) is 0 Å². The average molecular weight is 413 g/mol. The molecule has 0 aliphatic carbocycles. The summed E-state index contributed by atoms with van der Waals surface area (Å²) >= 11 is 0. The van der Waals surface area contributed by atoms with Gasteiger partial charge in [0.1, 0.15) is 11.6 Å². The van der Waals surface area contributed by atoms with Crippen LogP contribution in [-0.4, -0.2) is 39.1 Å². The molecular weight excluding hydrogens is 376 g/mol. The van der Waals surface area contributed by atoms with Gasteiger partial charge in [-0.1, -0.05) is 26.7 Å². The lowest BCUT2D eigenvalue weighted by molar-refractivity contribution is 0.240. The second-order valence-electron chi connectivity index (χ2n) is 7.96. The number of aryl methyl sites for hydroxylation is 3. The third kappa shape index (κ3) is 9.76. The van der Waals surface area contributed by atoms with E-state index in [-0.39, 0.29) is 6.03 Å². The van der Waals surface area contributed by atoms with E-state index in [0.29, 0.717) is 19.0 Å². The van der Waals surface area contributed by atoms with Crippen molar-refractivity contribution in [3.8, 4) is 0 Å². The summed E-state index contributed by atoms with van der Waals surface area (Å²) in [5.41, 5.74) is 2.20. The fraction of sp³-hybridized carbons (Fsp3) is 0.609. The average Bonchev–Trinajstić information content (AvgIpc) is 2.73. The Morgan fingerprint density at radius 1 is 0.833 bits per heavy atom. The van der Waals surface area contributed by atoms with Crippen molar-refractivity contribution >= 4 is 6.03 Å². The molecule has 2 heterocycles. The molecule has 2 aromatic rings. The minimum absolute atomic E-state index is 0.0706. The quantitative estimate of drug-likeness (QED) is 0.483. The smallest absolute Gasteiger partial charge is 0.314 e. The maximum absolute atomic E-state index is 11.8. The Labute approximate surface area is 180 Å². The van der Waals surface area contributed by atoms with Crippen LogP contribution in [0.3, 0.4) is 0 Å². The topological polar surface area (TPSA) is 92.7 Å². The predicted octanol–water partition coefficient (Wildman–Crippen LogP) is 4.12. The van der Waals surface area contributed by atoms with Gasteiger partial charge in [0.25, 0.3) is 0 Å². The van der Waals surface area contributed by atoms with Crippen LogP contribution in [-0.2, 0) is 12.8 Å². The minimum atomic E-state index is -0.0706. The Kier molecular flexibility index (Phi) is 10.8. The Hall–Kier alpha value is -2.57. The van der Waals surface area contributed by atoms with Crippen LogP contribution in [0, 0.1) is 6.92 Å². The monoisotopic (exact) mass is 412 g/mol. The van der Waals surface area contributed by atoms with Crippen molar-refractivity contribution in [2.45, 2.75) is 78.1 Å². The summed E-state index contributed by atoms with van der Waals surface area (Å²) in [6.07, 6.45) is 11.8. The van der Waals surface area contributed by atoms with E-state index in [1.165, 1.54) is 0 Å². The number of hydrogen-bond donors (Lipinski definition) is 2. The van der Waals surface area contributed by atoms with E-state index in [9.17, 15) is 4.79 Å². The molecule has 7 heteroatoms. The van der Waals surface area contributed by atoms with Gasteiger partial charge in [0, 0.05) is 42.8 Å². The second kappa shape index (κ2) is 13.6. The van der Waals surface area contributed by atoms with Crippen LogP contribution in [0.2, 0.25) is 0 Å². The van der Waals surface area contributed by atoms with Gasteiger partial charge in [0.05, 0.1) is 0 Å². The number of hydrogen-bond acceptors (Lipinski definition) is 5. The Morgan fingerprint density at radius 3 is 1.97 bits per heavy atom. The van der Waals surface area contributed by atoms with Crippen molar-refractivity contribution in [1.29, 1.82) is 0 Å². The molecule has 0 unspecified atom stereocenters. The van der Waals surface area contributed by atoms with Crippen molar-refractivity contribution in [3.63, 3.8) is 0 Å². The van der Waals surface area contributed by atoms with E-state index in [0.717, 1.165) is 74.4 Å². The maximum atomic E-state index is 11.8. The largest absolute Gasteiger partial charge is 0.338 e. The third-order valence-electron chi connectivity index (χ3n) is 4.87. The summed E-state index contributed by atoms with van der Waals surface area (Å²) in [6, 6.07) is 3.89. The van der Waals surface area contributed by atoms with Gasteiger partial charge < -0.3 is 10.6 Å². The van der Waals surface area contributed by atoms with Crippen LogP contribution >= 0.6 is 0 Å². The van der Waals surface area contributed by atoms with Crippen LogP contribution in [0.4, 0.5) is 4.79 Å². The Bertz CT molecular complexity index is 765. The van der Waals surface area contributed by atoms with Crippen molar-refractivity contribution in [1.82, 2.24) is 30.6 Å². The molecule has 30 heavy (non-hydrogen) atoms. The van der Waals surface area contributed by atoms with Gasteiger partial charge in [-0.25, -0.2) is 24.7 Å². The number of amides is 2. The molecule has 0 saturated heterocycles. The lowest BCUT2D eigenvalue weighted by atomic mass is 10.1. The zero-order chi connectivity index (χ0) is 21.6. The van der Waals surface area contributed by atoms with E-state index in [1.807, 2.05) is 31.5 Å².